The van der Waals surface area contributed by atoms with Crippen molar-refractivity contribution in [3.8, 4) is 11.5 Å². The normalized spacial score (nSPS) is 12.0. The highest BCUT2D eigenvalue weighted by molar-refractivity contribution is 7.88. The third-order valence-corrected chi connectivity index (χ3v) is 5.35. The van der Waals surface area contributed by atoms with Crippen LogP contribution in [0.15, 0.2) is 54.6 Å². The third-order valence-electron chi connectivity index (χ3n) is 3.82. The Kier molecular flexibility index (Phi) is 6.62. The van der Waals surface area contributed by atoms with E-state index in [-0.39, 0.29) is 18.9 Å². The van der Waals surface area contributed by atoms with E-state index in [0.29, 0.717) is 17.2 Å². The molecule has 0 saturated carbocycles. The Morgan fingerprint density at radius 3 is 2.22 bits per heavy atom. The predicted octanol–water partition coefficient (Wildman–Crippen LogP) is 3.87. The molecule has 7 heteroatoms. The number of anilines is 1. The molecule has 0 atom stereocenters. The number of amides is 1. The van der Waals surface area contributed by atoms with Crippen LogP contribution in [-0.4, -0.2) is 37.0 Å². The van der Waals surface area contributed by atoms with E-state index in [0.717, 1.165) is 6.26 Å². The lowest BCUT2D eigenvalue weighted by Gasteiger charge is -2.33. The zero-order chi connectivity index (χ0) is 20.1. The zero-order valence-electron chi connectivity index (χ0n) is 16.1. The number of hydrogen-bond acceptors (Lipinski definition) is 4. The van der Waals surface area contributed by atoms with Crippen molar-refractivity contribution in [3.63, 3.8) is 0 Å². The summed E-state index contributed by atoms with van der Waals surface area (Å²) in [5, 5.41) is 2.80. The van der Waals surface area contributed by atoms with Crippen molar-refractivity contribution >= 4 is 21.6 Å². The van der Waals surface area contributed by atoms with Crippen LogP contribution in [0.3, 0.4) is 0 Å². The second-order valence-corrected chi connectivity index (χ2v) is 9.12. The Labute approximate surface area is 161 Å². The average Bonchev–Trinajstić information content (AvgIpc) is 2.55. The van der Waals surface area contributed by atoms with Crippen LogP contribution in [0.25, 0.3) is 0 Å². The molecule has 2 aromatic carbocycles. The number of carbonyl (C=O) groups excluding carboxylic acids is 1. The molecule has 0 fully saturated rings. The average molecular weight is 391 g/mol. The van der Waals surface area contributed by atoms with Gasteiger partial charge in [0.2, 0.25) is 15.9 Å². The van der Waals surface area contributed by atoms with Crippen molar-refractivity contribution in [2.24, 2.45) is 0 Å². The zero-order valence-corrected chi connectivity index (χ0v) is 16.9. The lowest BCUT2D eigenvalue weighted by molar-refractivity contribution is -0.116. The number of benzene rings is 2. The Morgan fingerprint density at radius 2 is 1.63 bits per heavy atom. The highest BCUT2D eigenvalue weighted by Crippen LogP contribution is 2.29. The summed E-state index contributed by atoms with van der Waals surface area (Å²) in [6.45, 7) is 5.51. The van der Waals surface area contributed by atoms with E-state index in [9.17, 15) is 13.2 Å². The van der Waals surface area contributed by atoms with E-state index in [2.05, 4.69) is 5.32 Å². The SMILES string of the molecule is CC(C)(C)N(CCC(=O)Nc1ccccc1Oc1ccccc1)S(C)(=O)=O. The number of nitrogens with one attached hydrogen (secondary N) is 1. The third kappa shape index (κ3) is 6.37. The van der Waals surface area contributed by atoms with Crippen LogP contribution in [0, 0.1) is 0 Å². The highest BCUT2D eigenvalue weighted by atomic mass is 32.2. The van der Waals surface area contributed by atoms with Gasteiger partial charge >= 0.3 is 0 Å². The number of para-hydroxylation sites is 3. The largest absolute Gasteiger partial charge is 0.455 e. The summed E-state index contributed by atoms with van der Waals surface area (Å²) in [5.41, 5.74) is -0.0598. The minimum absolute atomic E-state index is 0.0456. The maximum absolute atomic E-state index is 12.4. The van der Waals surface area contributed by atoms with E-state index in [4.69, 9.17) is 4.74 Å². The molecule has 1 N–H and O–H groups in total. The van der Waals surface area contributed by atoms with Crippen LogP contribution in [-0.2, 0) is 14.8 Å². The molecule has 0 aromatic heterocycles. The molecule has 0 unspecified atom stereocenters. The summed E-state index contributed by atoms with van der Waals surface area (Å²) < 4.78 is 31.1. The van der Waals surface area contributed by atoms with Crippen molar-refractivity contribution in [3.05, 3.63) is 54.6 Å². The highest BCUT2D eigenvalue weighted by Gasteiger charge is 2.29. The molecule has 27 heavy (non-hydrogen) atoms. The molecule has 0 aliphatic heterocycles. The van der Waals surface area contributed by atoms with Gasteiger partial charge in [-0.3, -0.25) is 4.79 Å². The summed E-state index contributed by atoms with van der Waals surface area (Å²) >= 11 is 0. The van der Waals surface area contributed by atoms with E-state index in [1.807, 2.05) is 36.4 Å². The van der Waals surface area contributed by atoms with Crippen LogP contribution < -0.4 is 10.1 Å². The molecule has 0 saturated heterocycles. The fraction of sp³-hybridized carbons (Fsp3) is 0.350. The van der Waals surface area contributed by atoms with Crippen LogP contribution in [0.4, 0.5) is 5.69 Å². The molecule has 2 aromatic rings. The van der Waals surface area contributed by atoms with Crippen molar-refractivity contribution in [1.29, 1.82) is 0 Å². The van der Waals surface area contributed by atoms with Gasteiger partial charge in [-0.2, -0.15) is 4.31 Å². The van der Waals surface area contributed by atoms with Crippen molar-refractivity contribution in [2.45, 2.75) is 32.7 Å². The Morgan fingerprint density at radius 1 is 1.04 bits per heavy atom. The van der Waals surface area contributed by atoms with Crippen LogP contribution >= 0.6 is 0 Å². The fourth-order valence-corrected chi connectivity index (χ4v) is 4.11. The topological polar surface area (TPSA) is 75.7 Å². The first-order valence-corrected chi connectivity index (χ1v) is 10.5. The molecule has 0 bridgehead atoms. The van der Waals surface area contributed by atoms with Crippen LogP contribution in [0.5, 0.6) is 11.5 Å². The monoisotopic (exact) mass is 390 g/mol. The van der Waals surface area contributed by atoms with Gasteiger partial charge < -0.3 is 10.1 Å². The summed E-state index contributed by atoms with van der Waals surface area (Å²) in [7, 11) is -3.41. The van der Waals surface area contributed by atoms with Gasteiger partial charge in [-0.05, 0) is 45.0 Å². The van der Waals surface area contributed by atoms with E-state index in [1.54, 1.807) is 39.0 Å². The van der Waals surface area contributed by atoms with E-state index in [1.165, 1.54) is 4.31 Å². The molecule has 0 heterocycles. The summed E-state index contributed by atoms with van der Waals surface area (Å²) in [4.78, 5) is 12.4. The minimum atomic E-state index is -3.41. The van der Waals surface area contributed by atoms with Gasteiger partial charge in [0.05, 0.1) is 11.9 Å². The molecule has 2 rings (SSSR count). The van der Waals surface area contributed by atoms with Crippen molar-refractivity contribution in [2.75, 3.05) is 18.1 Å². The first kappa shape index (κ1) is 20.9. The molecule has 0 aliphatic carbocycles. The summed E-state index contributed by atoms with van der Waals surface area (Å²) in [6.07, 6.45) is 1.20. The predicted molar refractivity (Wildman–Crippen MR) is 108 cm³/mol. The van der Waals surface area contributed by atoms with Crippen molar-refractivity contribution in [1.82, 2.24) is 4.31 Å². The first-order chi connectivity index (χ1) is 12.6. The Hall–Kier alpha value is -2.38. The lowest BCUT2D eigenvalue weighted by Crippen LogP contribution is -2.46. The number of hydrogen-bond donors (Lipinski definition) is 1. The molecule has 6 nitrogen and oxygen atoms in total. The quantitative estimate of drug-likeness (QED) is 0.779. The van der Waals surface area contributed by atoms with E-state index >= 15 is 0 Å². The lowest BCUT2D eigenvalue weighted by atomic mass is 10.1. The maximum Gasteiger partial charge on any atom is 0.225 e. The van der Waals surface area contributed by atoms with E-state index < -0.39 is 15.6 Å². The van der Waals surface area contributed by atoms with Gasteiger partial charge in [0.25, 0.3) is 0 Å². The number of carbonyl (C=O) groups is 1. The van der Waals surface area contributed by atoms with Crippen LogP contribution in [0.1, 0.15) is 27.2 Å². The van der Waals surface area contributed by atoms with Gasteiger partial charge in [0.15, 0.2) is 5.75 Å². The molecule has 0 radical (unpaired) electrons. The number of sulfonamides is 1. The van der Waals surface area contributed by atoms with Gasteiger partial charge in [-0.25, -0.2) is 8.42 Å². The molecule has 146 valence electrons. The number of rotatable bonds is 7. The van der Waals surface area contributed by atoms with Gasteiger partial charge in [-0.15, -0.1) is 0 Å². The minimum Gasteiger partial charge on any atom is -0.455 e. The van der Waals surface area contributed by atoms with Gasteiger partial charge in [0.1, 0.15) is 5.75 Å². The second-order valence-electron chi connectivity index (χ2n) is 7.22. The number of ether oxygens (including phenoxy) is 1. The number of nitrogens with zero attached hydrogens (tertiary/aromatic N) is 1. The summed E-state index contributed by atoms with van der Waals surface area (Å²) in [5.74, 6) is 0.903. The molecule has 0 spiro atoms. The first-order valence-electron chi connectivity index (χ1n) is 8.67. The van der Waals surface area contributed by atoms with Crippen LogP contribution in [0.2, 0.25) is 0 Å². The Balaban J connectivity index is 2.06. The molecule has 1 amide bonds. The molecular formula is C20H26N2O4S. The fourth-order valence-electron chi connectivity index (χ4n) is 2.69. The molecule has 0 aliphatic rings. The Bertz CT molecular complexity index is 874. The smallest absolute Gasteiger partial charge is 0.225 e. The standard InChI is InChI=1S/C20H26N2O4S/c1-20(2,3)22(27(4,24)25)15-14-19(23)21-17-12-8-9-13-18(17)26-16-10-6-5-7-11-16/h5-13H,14-15H2,1-4H3,(H,21,23). The van der Waals surface area contributed by atoms with Gasteiger partial charge in [0, 0.05) is 18.5 Å². The van der Waals surface area contributed by atoms with Crippen molar-refractivity contribution < 1.29 is 17.9 Å². The van der Waals surface area contributed by atoms with Gasteiger partial charge in [-0.1, -0.05) is 30.3 Å². The second kappa shape index (κ2) is 8.54. The maximum atomic E-state index is 12.4. The molecular weight excluding hydrogens is 364 g/mol. The summed E-state index contributed by atoms with van der Waals surface area (Å²) in [6, 6.07) is 16.4.